The predicted octanol–water partition coefficient (Wildman–Crippen LogP) is 13.2. The van der Waals surface area contributed by atoms with Crippen molar-refractivity contribution in [1.29, 1.82) is 0 Å². The quantitative estimate of drug-likeness (QED) is 0.0608. The molecule has 0 N–H and O–H groups in total. The lowest BCUT2D eigenvalue weighted by atomic mass is 10.0. The molecule has 0 atom stereocenters. The van der Waals surface area contributed by atoms with Gasteiger partial charge in [0.05, 0.1) is 52.9 Å². The molecule has 0 radical (unpaired) electrons. The van der Waals surface area contributed by atoms with Crippen LogP contribution in [-0.4, -0.2) is 102 Å². The topological polar surface area (TPSA) is 43.4 Å². The monoisotopic (exact) mass is 767 g/mol. The van der Waals surface area contributed by atoms with Gasteiger partial charge in [0.15, 0.2) is 0 Å². The van der Waals surface area contributed by atoms with Crippen LogP contribution >= 0.6 is 0 Å². The van der Waals surface area contributed by atoms with Crippen LogP contribution in [-0.2, 0) is 18.9 Å². The van der Waals surface area contributed by atoms with E-state index in [9.17, 15) is 0 Å². The van der Waals surface area contributed by atoms with E-state index in [4.69, 9.17) is 18.9 Å². The molecule has 0 amide bonds. The number of rotatable bonds is 34. The van der Waals surface area contributed by atoms with Crippen LogP contribution in [0.4, 0.5) is 0 Å². The molecule has 1 rings (SSSR count). The Balaban J connectivity index is 2.03. The molecule has 0 spiro atoms. The zero-order valence-electron chi connectivity index (χ0n) is 37.1. The van der Waals surface area contributed by atoms with Crippen LogP contribution < -0.4 is 0 Å². The third-order valence-corrected chi connectivity index (χ3v) is 11.6. The minimum atomic E-state index is 0.686. The first-order valence-electron chi connectivity index (χ1n) is 24.6. The van der Waals surface area contributed by atoms with Crippen molar-refractivity contribution in [3.63, 3.8) is 0 Å². The second-order valence-electron chi connectivity index (χ2n) is 16.7. The van der Waals surface area contributed by atoms with Gasteiger partial charge in [-0.05, 0) is 25.9 Å². The third kappa shape index (κ3) is 40.0. The Morgan fingerprint density at radius 3 is 0.630 bits per heavy atom. The normalized spacial score (nSPS) is 16.8. The van der Waals surface area contributed by atoms with Gasteiger partial charge in [-0.15, -0.1) is 0 Å². The van der Waals surface area contributed by atoms with Gasteiger partial charge in [0.2, 0.25) is 0 Å². The van der Waals surface area contributed by atoms with E-state index in [-0.39, 0.29) is 0 Å². The van der Waals surface area contributed by atoms with E-state index in [0.29, 0.717) is 26.4 Å². The minimum Gasteiger partial charge on any atom is -0.378 e. The Morgan fingerprint density at radius 2 is 0.426 bits per heavy atom. The Morgan fingerprint density at radius 1 is 0.241 bits per heavy atom. The lowest BCUT2D eigenvalue weighted by Gasteiger charge is -2.23. The molecule has 0 aromatic heterocycles. The smallest absolute Gasteiger partial charge is 0.0701 e. The van der Waals surface area contributed by atoms with Gasteiger partial charge in [0, 0.05) is 26.2 Å². The summed E-state index contributed by atoms with van der Waals surface area (Å²) in [6.45, 7) is 16.7. The highest BCUT2D eigenvalue weighted by Crippen LogP contribution is 2.15. The molecule has 1 heterocycles. The molecule has 0 saturated carbocycles. The largest absolute Gasteiger partial charge is 0.378 e. The van der Waals surface area contributed by atoms with Crippen LogP contribution in [0.2, 0.25) is 0 Å². The van der Waals surface area contributed by atoms with Crippen molar-refractivity contribution in [1.82, 2.24) is 9.80 Å². The van der Waals surface area contributed by atoms with Crippen molar-refractivity contribution < 1.29 is 18.9 Å². The van der Waals surface area contributed by atoms with Crippen LogP contribution in [0, 0.1) is 0 Å². The molecule has 54 heavy (non-hydrogen) atoms. The molecular weight excluding hydrogens is 669 g/mol. The zero-order chi connectivity index (χ0) is 38.5. The van der Waals surface area contributed by atoms with Crippen LogP contribution in [0.15, 0.2) is 0 Å². The molecule has 0 bridgehead atoms. The van der Waals surface area contributed by atoms with Gasteiger partial charge in [0.1, 0.15) is 0 Å². The number of unbranched alkanes of at least 4 members (excludes halogenated alkanes) is 30. The van der Waals surface area contributed by atoms with E-state index in [1.807, 2.05) is 0 Å². The fourth-order valence-corrected chi connectivity index (χ4v) is 7.86. The summed E-state index contributed by atoms with van der Waals surface area (Å²) in [4.78, 5) is 5.07. The van der Waals surface area contributed by atoms with E-state index < -0.39 is 0 Å². The Bertz CT molecular complexity index is 607. The predicted molar refractivity (Wildman–Crippen MR) is 235 cm³/mol. The highest BCUT2D eigenvalue weighted by Gasteiger charge is 2.08. The first kappa shape index (κ1) is 51.8. The van der Waals surface area contributed by atoms with Gasteiger partial charge in [-0.3, -0.25) is 9.80 Å². The summed E-state index contributed by atoms with van der Waals surface area (Å²) >= 11 is 0. The fraction of sp³-hybridized carbons (Fsp3) is 1.00. The summed E-state index contributed by atoms with van der Waals surface area (Å²) in [6, 6.07) is 0. The SMILES string of the molecule is CCCCCCCCCCCCCCCCCCN1CCOCCOCCN(CCCCCCCCCCCCCCCCCC)CCOCCOCC1. The summed E-state index contributed by atoms with van der Waals surface area (Å²) < 4.78 is 24.0. The van der Waals surface area contributed by atoms with Gasteiger partial charge in [-0.2, -0.15) is 0 Å². The second kappa shape index (κ2) is 45.5. The molecule has 6 heteroatoms. The molecule has 0 unspecified atom stereocenters. The van der Waals surface area contributed by atoms with Gasteiger partial charge in [-0.25, -0.2) is 0 Å². The summed E-state index contributed by atoms with van der Waals surface area (Å²) in [5.41, 5.74) is 0. The molecule has 324 valence electrons. The lowest BCUT2D eigenvalue weighted by molar-refractivity contribution is 0.00776. The summed E-state index contributed by atoms with van der Waals surface area (Å²) in [5, 5.41) is 0. The first-order chi connectivity index (χ1) is 26.9. The van der Waals surface area contributed by atoms with Crippen molar-refractivity contribution >= 4 is 0 Å². The van der Waals surface area contributed by atoms with Gasteiger partial charge in [0.25, 0.3) is 0 Å². The number of ether oxygens (including phenoxy) is 4. The van der Waals surface area contributed by atoms with Crippen LogP contribution in [0.3, 0.4) is 0 Å². The third-order valence-electron chi connectivity index (χ3n) is 11.6. The number of hydrogen-bond donors (Lipinski definition) is 0. The van der Waals surface area contributed by atoms with Crippen molar-refractivity contribution in [2.24, 2.45) is 0 Å². The number of hydrogen-bond acceptors (Lipinski definition) is 6. The maximum Gasteiger partial charge on any atom is 0.0701 e. The minimum absolute atomic E-state index is 0.686. The van der Waals surface area contributed by atoms with Crippen LogP contribution in [0.1, 0.15) is 219 Å². The van der Waals surface area contributed by atoms with Gasteiger partial charge >= 0.3 is 0 Å². The molecule has 1 fully saturated rings. The standard InChI is InChI=1S/C48H98N2O4/c1-3-5-7-9-11-13-15-17-19-21-23-25-27-29-31-33-35-49-37-41-51-45-47-53-43-39-50(40-44-54-48-46-52-42-38-49)36-34-32-30-28-26-24-22-20-18-16-14-12-10-8-6-4-2/h3-48H2,1-2H3. The lowest BCUT2D eigenvalue weighted by Crippen LogP contribution is -2.34. The molecule has 0 aromatic carbocycles. The van der Waals surface area contributed by atoms with E-state index in [2.05, 4.69) is 23.6 Å². The summed E-state index contributed by atoms with van der Waals surface area (Å²) in [7, 11) is 0. The van der Waals surface area contributed by atoms with Gasteiger partial charge < -0.3 is 18.9 Å². The summed E-state index contributed by atoms with van der Waals surface area (Å²) in [5.74, 6) is 0. The molecule has 0 aromatic rings. The van der Waals surface area contributed by atoms with Crippen molar-refractivity contribution in [2.75, 3.05) is 92.1 Å². The highest BCUT2D eigenvalue weighted by atomic mass is 16.5. The Labute approximate surface area is 339 Å². The zero-order valence-corrected chi connectivity index (χ0v) is 37.1. The van der Waals surface area contributed by atoms with Gasteiger partial charge in [-0.1, -0.05) is 206 Å². The summed E-state index contributed by atoms with van der Waals surface area (Å²) in [6.07, 6.45) is 45.3. The fourth-order valence-electron chi connectivity index (χ4n) is 7.86. The van der Waals surface area contributed by atoms with Crippen LogP contribution in [0.5, 0.6) is 0 Å². The average molecular weight is 767 g/mol. The average Bonchev–Trinajstić information content (AvgIpc) is 3.18. The Hall–Kier alpha value is -0.240. The molecular formula is C48H98N2O4. The molecule has 1 aliphatic heterocycles. The van der Waals surface area contributed by atoms with E-state index in [0.717, 1.165) is 65.7 Å². The first-order valence-corrected chi connectivity index (χ1v) is 24.6. The molecule has 1 saturated heterocycles. The van der Waals surface area contributed by atoms with Crippen LogP contribution in [0.25, 0.3) is 0 Å². The van der Waals surface area contributed by atoms with E-state index in [1.165, 1.54) is 205 Å². The molecule has 1 aliphatic rings. The Kier molecular flexibility index (Phi) is 43.6. The number of nitrogens with zero attached hydrogens (tertiary/aromatic N) is 2. The maximum absolute atomic E-state index is 5.99. The van der Waals surface area contributed by atoms with Crippen molar-refractivity contribution in [3.8, 4) is 0 Å². The molecule has 6 nitrogen and oxygen atoms in total. The van der Waals surface area contributed by atoms with Crippen molar-refractivity contribution in [2.45, 2.75) is 219 Å². The highest BCUT2D eigenvalue weighted by molar-refractivity contribution is 4.61. The second-order valence-corrected chi connectivity index (χ2v) is 16.7. The molecule has 0 aliphatic carbocycles. The van der Waals surface area contributed by atoms with Crippen molar-refractivity contribution in [3.05, 3.63) is 0 Å². The maximum atomic E-state index is 5.99. The van der Waals surface area contributed by atoms with E-state index in [1.54, 1.807) is 0 Å². The van der Waals surface area contributed by atoms with E-state index >= 15 is 0 Å².